The minimum absolute atomic E-state index is 0.0740. The van der Waals surface area contributed by atoms with Crippen molar-refractivity contribution >= 4 is 27.7 Å². The van der Waals surface area contributed by atoms with E-state index >= 15 is 0 Å². The average molecular weight is 489 g/mol. The Balaban J connectivity index is 1.63. The number of halogens is 4. The number of carbonyl (C=O) groups excluding carboxylic acids is 1. The number of anilines is 1. The topological polar surface area (TPSA) is 32.8 Å². The molecule has 1 aliphatic carbocycles. The van der Waals surface area contributed by atoms with E-state index in [1.165, 1.54) is 12.1 Å². The highest BCUT2D eigenvalue weighted by atomic mass is 79.9. The van der Waals surface area contributed by atoms with Gasteiger partial charge in [-0.2, -0.15) is 13.2 Å². The minimum atomic E-state index is -4.36. The molecule has 4 rings (SSSR count). The third kappa shape index (κ3) is 3.92. The molecule has 1 aromatic rings. The first-order chi connectivity index (χ1) is 13.9. The van der Waals surface area contributed by atoms with E-state index in [1.54, 1.807) is 0 Å². The molecule has 1 saturated heterocycles. The zero-order chi connectivity index (χ0) is 21.9. The Labute approximate surface area is 183 Å². The van der Waals surface area contributed by atoms with Crippen LogP contribution in [0.1, 0.15) is 64.0 Å². The van der Waals surface area contributed by atoms with Gasteiger partial charge in [-0.1, -0.05) is 0 Å². The van der Waals surface area contributed by atoms with Gasteiger partial charge in [0.25, 0.3) is 0 Å². The monoisotopic (exact) mass is 488 g/mol. The van der Waals surface area contributed by atoms with Crippen LogP contribution in [0.25, 0.3) is 0 Å². The van der Waals surface area contributed by atoms with Gasteiger partial charge in [0.05, 0.1) is 11.3 Å². The molecule has 1 spiro atoms. The van der Waals surface area contributed by atoms with Crippen molar-refractivity contribution in [1.29, 1.82) is 0 Å². The predicted octanol–water partition coefficient (Wildman–Crippen LogP) is 6.15. The lowest BCUT2D eigenvalue weighted by Gasteiger charge is -2.45. The van der Waals surface area contributed by atoms with Gasteiger partial charge in [-0.05, 0) is 92.9 Å². The molecule has 2 heterocycles. The average Bonchev–Trinajstić information content (AvgIpc) is 3.00. The quantitative estimate of drug-likeness (QED) is 0.474. The fraction of sp³-hybridized carbons (Fsp3) is 0.682. The van der Waals surface area contributed by atoms with Gasteiger partial charge in [0.15, 0.2) is 0 Å². The molecule has 166 valence electrons. The molecule has 1 aromatic carbocycles. The Morgan fingerprint density at radius 2 is 1.90 bits per heavy atom. The molecular weight excluding hydrogens is 461 g/mol. The number of ether oxygens (including phenoxy) is 1. The first-order valence-corrected chi connectivity index (χ1v) is 11.4. The van der Waals surface area contributed by atoms with E-state index in [2.05, 4.69) is 20.8 Å². The Bertz CT molecular complexity index is 846. The molecule has 0 aromatic heterocycles. The van der Waals surface area contributed by atoms with Crippen molar-refractivity contribution in [2.75, 3.05) is 18.0 Å². The summed E-state index contributed by atoms with van der Waals surface area (Å²) in [6, 6.07) is 2.54. The molecule has 2 fully saturated rings. The smallest absolute Gasteiger partial charge is 0.416 e. The number of alkyl halides is 3. The van der Waals surface area contributed by atoms with Crippen molar-refractivity contribution < 1.29 is 22.7 Å². The highest BCUT2D eigenvalue weighted by Crippen LogP contribution is 2.49. The fourth-order valence-electron chi connectivity index (χ4n) is 5.12. The molecule has 2 aliphatic heterocycles. The van der Waals surface area contributed by atoms with Crippen molar-refractivity contribution in [3.63, 3.8) is 0 Å². The number of nitrogens with zero attached hydrogens (tertiary/aromatic N) is 2. The molecule has 1 atom stereocenters. The molecule has 0 radical (unpaired) electrons. The molecular formula is C22H28BrF3N2O2. The van der Waals surface area contributed by atoms with Crippen molar-refractivity contribution in [3.8, 4) is 0 Å². The standard InChI is InChI=1S/C22H28BrF3N2O2/c1-20(2,3)30-19(29)28-13-16(12-21(28)7-5-8-21)27-9-4-6-14-10-15(22(24,25)26)11-17(23)18(14)27/h10-11,16H,4-9,12-13H2,1-3H3. The van der Waals surface area contributed by atoms with Gasteiger partial charge in [0.1, 0.15) is 5.60 Å². The molecule has 1 saturated carbocycles. The summed E-state index contributed by atoms with van der Waals surface area (Å²) in [6.45, 7) is 6.91. The first kappa shape index (κ1) is 21.8. The molecule has 0 N–H and O–H groups in total. The number of carbonyl (C=O) groups is 1. The van der Waals surface area contributed by atoms with E-state index in [0.717, 1.165) is 49.9 Å². The largest absolute Gasteiger partial charge is 0.444 e. The number of likely N-dealkylation sites (tertiary alicyclic amines) is 1. The zero-order valence-corrected chi connectivity index (χ0v) is 19.2. The third-order valence-electron chi connectivity index (χ3n) is 6.52. The van der Waals surface area contributed by atoms with Crippen LogP contribution in [0.2, 0.25) is 0 Å². The summed E-state index contributed by atoms with van der Waals surface area (Å²) in [4.78, 5) is 17.0. The second-order valence-corrected chi connectivity index (χ2v) is 10.6. The van der Waals surface area contributed by atoms with Crippen LogP contribution in [0.5, 0.6) is 0 Å². The van der Waals surface area contributed by atoms with Crippen LogP contribution in [-0.2, 0) is 17.3 Å². The molecule has 4 nitrogen and oxygen atoms in total. The van der Waals surface area contributed by atoms with E-state index in [1.807, 2.05) is 25.7 Å². The van der Waals surface area contributed by atoms with E-state index < -0.39 is 17.3 Å². The molecule has 8 heteroatoms. The number of amides is 1. The lowest BCUT2D eigenvalue weighted by atomic mass is 9.74. The molecule has 1 amide bonds. The summed E-state index contributed by atoms with van der Waals surface area (Å²) in [5, 5.41) is 0. The van der Waals surface area contributed by atoms with Crippen LogP contribution in [0, 0.1) is 0 Å². The van der Waals surface area contributed by atoms with Crippen LogP contribution < -0.4 is 4.90 Å². The maximum Gasteiger partial charge on any atom is 0.416 e. The fourth-order valence-corrected chi connectivity index (χ4v) is 5.85. The van der Waals surface area contributed by atoms with Crippen molar-refractivity contribution in [1.82, 2.24) is 4.90 Å². The van der Waals surface area contributed by atoms with Gasteiger partial charge in [-0.25, -0.2) is 4.79 Å². The second-order valence-electron chi connectivity index (χ2n) is 9.79. The molecule has 3 aliphatic rings. The van der Waals surface area contributed by atoms with Gasteiger partial charge in [-0.3, -0.25) is 0 Å². The number of fused-ring (bicyclic) bond motifs is 1. The highest BCUT2D eigenvalue weighted by Gasteiger charge is 2.54. The van der Waals surface area contributed by atoms with E-state index in [0.29, 0.717) is 17.4 Å². The summed E-state index contributed by atoms with van der Waals surface area (Å²) in [5.41, 5.74) is 0.214. The minimum Gasteiger partial charge on any atom is -0.444 e. The summed E-state index contributed by atoms with van der Waals surface area (Å²) in [6.07, 6.45) is 0.610. The zero-order valence-electron chi connectivity index (χ0n) is 17.6. The van der Waals surface area contributed by atoms with Gasteiger partial charge >= 0.3 is 12.3 Å². The summed E-state index contributed by atoms with van der Waals surface area (Å²) < 4.78 is 46.0. The molecule has 30 heavy (non-hydrogen) atoms. The van der Waals surface area contributed by atoms with Crippen LogP contribution in [0.4, 0.5) is 23.7 Å². The highest BCUT2D eigenvalue weighted by molar-refractivity contribution is 9.10. The van der Waals surface area contributed by atoms with Crippen LogP contribution in [0.3, 0.4) is 0 Å². The Kier molecular flexibility index (Phi) is 5.31. The normalized spacial score (nSPS) is 23.4. The summed E-state index contributed by atoms with van der Waals surface area (Å²) >= 11 is 3.41. The maximum absolute atomic E-state index is 13.3. The van der Waals surface area contributed by atoms with Crippen molar-refractivity contribution in [2.24, 2.45) is 0 Å². The second kappa shape index (κ2) is 7.31. The molecule has 0 bridgehead atoms. The van der Waals surface area contributed by atoms with Crippen LogP contribution in [-0.4, -0.2) is 41.3 Å². The Hall–Kier alpha value is -1.44. The number of benzene rings is 1. The number of hydrogen-bond donors (Lipinski definition) is 0. The van der Waals surface area contributed by atoms with E-state index in [4.69, 9.17) is 4.74 Å². The van der Waals surface area contributed by atoms with Gasteiger partial charge in [-0.15, -0.1) is 0 Å². The predicted molar refractivity (Wildman–Crippen MR) is 113 cm³/mol. The van der Waals surface area contributed by atoms with Gasteiger partial charge < -0.3 is 14.5 Å². The van der Waals surface area contributed by atoms with E-state index in [9.17, 15) is 18.0 Å². The van der Waals surface area contributed by atoms with Crippen molar-refractivity contribution in [3.05, 3.63) is 27.7 Å². The first-order valence-electron chi connectivity index (χ1n) is 10.6. The third-order valence-corrected chi connectivity index (χ3v) is 7.13. The Morgan fingerprint density at radius 1 is 1.20 bits per heavy atom. The summed E-state index contributed by atoms with van der Waals surface area (Å²) in [5.74, 6) is 0. The Morgan fingerprint density at radius 3 is 2.47 bits per heavy atom. The van der Waals surface area contributed by atoms with Gasteiger partial charge in [0.2, 0.25) is 0 Å². The summed E-state index contributed by atoms with van der Waals surface area (Å²) in [7, 11) is 0. The maximum atomic E-state index is 13.3. The number of hydrogen-bond acceptors (Lipinski definition) is 3. The van der Waals surface area contributed by atoms with Gasteiger partial charge in [0, 0.05) is 29.1 Å². The van der Waals surface area contributed by atoms with Crippen LogP contribution >= 0.6 is 15.9 Å². The van der Waals surface area contributed by atoms with E-state index in [-0.39, 0.29) is 17.7 Å². The SMILES string of the molecule is CC(C)(C)OC(=O)N1CC(N2CCCc3cc(C(F)(F)F)cc(Br)c32)CC12CCC2. The lowest BCUT2D eigenvalue weighted by molar-refractivity contribution is -0.137. The lowest BCUT2D eigenvalue weighted by Crippen LogP contribution is -2.53. The number of rotatable bonds is 1. The van der Waals surface area contributed by atoms with Crippen molar-refractivity contribution in [2.45, 2.75) is 82.7 Å². The molecule has 1 unspecified atom stereocenters. The van der Waals surface area contributed by atoms with Crippen LogP contribution in [0.15, 0.2) is 16.6 Å². The number of aryl methyl sites for hydroxylation is 1.